The lowest BCUT2D eigenvalue weighted by Crippen LogP contribution is -2.22. The second-order valence-corrected chi connectivity index (χ2v) is 3.65. The van der Waals surface area contributed by atoms with Crippen LogP contribution < -0.4 is 0 Å². The van der Waals surface area contributed by atoms with Crippen molar-refractivity contribution in [3.05, 3.63) is 33.8 Å². The normalized spacial score (nSPS) is 11.5. The highest BCUT2D eigenvalue weighted by Gasteiger charge is 2.39. The van der Waals surface area contributed by atoms with Crippen molar-refractivity contribution in [3.8, 4) is 0 Å². The largest absolute Gasteiger partial charge is 0.454 e. The highest BCUT2D eigenvalue weighted by molar-refractivity contribution is 9.10. The molecule has 14 heavy (non-hydrogen) atoms. The van der Waals surface area contributed by atoms with Gasteiger partial charge in [-0.25, -0.2) is 0 Å². The van der Waals surface area contributed by atoms with Crippen molar-refractivity contribution in [2.75, 3.05) is 0 Å². The van der Waals surface area contributed by atoms with E-state index in [-0.39, 0.29) is 5.56 Å². The predicted octanol–water partition coefficient (Wildman–Crippen LogP) is 3.50. The van der Waals surface area contributed by atoms with Gasteiger partial charge in [0.1, 0.15) is 0 Å². The zero-order valence-electron chi connectivity index (χ0n) is 7.15. The van der Waals surface area contributed by atoms with E-state index in [1.54, 1.807) is 6.92 Å². The molecule has 0 unspecified atom stereocenters. The number of carbonyl (C=O) groups is 1. The molecule has 0 spiro atoms. The Labute approximate surface area is 87.1 Å². The number of ketones is 1. The maximum absolute atomic E-state index is 12.0. The maximum Gasteiger partial charge on any atom is 0.454 e. The number of halogens is 4. The minimum atomic E-state index is -4.81. The zero-order chi connectivity index (χ0) is 10.9. The van der Waals surface area contributed by atoms with Gasteiger partial charge in [-0.2, -0.15) is 13.2 Å². The van der Waals surface area contributed by atoms with Crippen molar-refractivity contribution in [1.29, 1.82) is 0 Å². The molecule has 76 valence electrons. The molecule has 0 aliphatic carbocycles. The van der Waals surface area contributed by atoms with Crippen LogP contribution in [-0.4, -0.2) is 12.0 Å². The Kier molecular flexibility index (Phi) is 2.99. The van der Waals surface area contributed by atoms with E-state index < -0.39 is 12.0 Å². The van der Waals surface area contributed by atoms with Crippen molar-refractivity contribution in [2.24, 2.45) is 0 Å². The molecule has 0 heterocycles. The Balaban J connectivity index is 3.10. The van der Waals surface area contributed by atoms with E-state index in [1.165, 1.54) is 12.1 Å². The second-order valence-electron chi connectivity index (χ2n) is 2.79. The lowest BCUT2D eigenvalue weighted by atomic mass is 10.1. The van der Waals surface area contributed by atoms with Gasteiger partial charge in [0, 0.05) is 10.0 Å². The first-order chi connectivity index (χ1) is 6.32. The van der Waals surface area contributed by atoms with Crippen LogP contribution in [0.5, 0.6) is 0 Å². The second kappa shape index (κ2) is 3.73. The summed E-state index contributed by atoms with van der Waals surface area (Å²) in [5.74, 6) is -1.82. The Morgan fingerprint density at radius 1 is 1.36 bits per heavy atom. The van der Waals surface area contributed by atoms with Crippen LogP contribution in [0.2, 0.25) is 0 Å². The molecule has 0 N–H and O–H groups in total. The van der Waals surface area contributed by atoms with Gasteiger partial charge in [-0.15, -0.1) is 0 Å². The molecule has 0 bridgehead atoms. The lowest BCUT2D eigenvalue weighted by molar-refractivity contribution is -0.0885. The molecule has 1 rings (SSSR count). The first-order valence-electron chi connectivity index (χ1n) is 3.70. The number of alkyl halides is 3. The van der Waals surface area contributed by atoms with Crippen LogP contribution in [0.15, 0.2) is 22.7 Å². The van der Waals surface area contributed by atoms with E-state index in [0.29, 0.717) is 4.47 Å². The van der Waals surface area contributed by atoms with E-state index in [2.05, 4.69) is 15.9 Å². The van der Waals surface area contributed by atoms with E-state index in [4.69, 9.17) is 0 Å². The van der Waals surface area contributed by atoms with Gasteiger partial charge in [0.25, 0.3) is 5.78 Å². The van der Waals surface area contributed by atoms with Crippen molar-refractivity contribution in [3.63, 3.8) is 0 Å². The average molecular weight is 267 g/mol. The van der Waals surface area contributed by atoms with Gasteiger partial charge in [-0.05, 0) is 18.6 Å². The van der Waals surface area contributed by atoms with E-state index >= 15 is 0 Å². The number of hydrogen-bond donors (Lipinski definition) is 0. The van der Waals surface area contributed by atoms with Gasteiger partial charge in [0.05, 0.1) is 0 Å². The van der Waals surface area contributed by atoms with Crippen molar-refractivity contribution >= 4 is 21.7 Å². The third-order valence-corrected chi connectivity index (χ3v) is 2.55. The molecule has 0 aromatic heterocycles. The zero-order valence-corrected chi connectivity index (χ0v) is 8.74. The fourth-order valence-electron chi connectivity index (χ4n) is 0.898. The fourth-order valence-corrected chi connectivity index (χ4v) is 1.28. The van der Waals surface area contributed by atoms with Crippen LogP contribution in [0.3, 0.4) is 0 Å². The number of carbonyl (C=O) groups excluding carboxylic acids is 1. The Bertz CT molecular complexity index is 371. The van der Waals surface area contributed by atoms with Gasteiger partial charge >= 0.3 is 6.18 Å². The topological polar surface area (TPSA) is 17.1 Å². The smallest absolute Gasteiger partial charge is 0.284 e. The van der Waals surface area contributed by atoms with Gasteiger partial charge in [0.2, 0.25) is 0 Å². The summed E-state index contributed by atoms with van der Waals surface area (Å²) in [6.07, 6.45) is -4.81. The minimum absolute atomic E-state index is 0.352. The summed E-state index contributed by atoms with van der Waals surface area (Å²) in [4.78, 5) is 10.8. The van der Waals surface area contributed by atoms with Crippen LogP contribution in [0.25, 0.3) is 0 Å². The molecule has 0 saturated carbocycles. The first-order valence-corrected chi connectivity index (χ1v) is 4.49. The third-order valence-electron chi connectivity index (χ3n) is 1.69. The van der Waals surface area contributed by atoms with Crippen LogP contribution in [0, 0.1) is 6.92 Å². The molecule has 0 atom stereocenters. The number of benzene rings is 1. The average Bonchev–Trinajstić information content (AvgIpc) is 2.07. The number of rotatable bonds is 1. The maximum atomic E-state index is 12.0. The summed E-state index contributed by atoms with van der Waals surface area (Å²) in [7, 11) is 0. The van der Waals surface area contributed by atoms with Crippen LogP contribution in [0.1, 0.15) is 15.9 Å². The number of hydrogen-bond acceptors (Lipinski definition) is 1. The van der Waals surface area contributed by atoms with Gasteiger partial charge in [-0.1, -0.05) is 28.1 Å². The Morgan fingerprint density at radius 3 is 2.36 bits per heavy atom. The highest BCUT2D eigenvalue weighted by Crippen LogP contribution is 2.24. The van der Waals surface area contributed by atoms with Gasteiger partial charge in [-0.3, -0.25) is 4.79 Å². The molecular formula is C9H6BrF3O. The van der Waals surface area contributed by atoms with E-state index in [9.17, 15) is 18.0 Å². The molecule has 0 aliphatic heterocycles. The fraction of sp³-hybridized carbons (Fsp3) is 0.222. The monoisotopic (exact) mass is 266 g/mol. The SMILES string of the molecule is Cc1ccc(C(=O)C(F)(F)F)cc1Br. The number of Topliss-reactive ketones (excluding diaryl/α,β-unsaturated/α-hetero) is 1. The van der Waals surface area contributed by atoms with Crippen molar-refractivity contribution in [1.82, 2.24) is 0 Å². The Morgan fingerprint density at radius 2 is 1.93 bits per heavy atom. The third kappa shape index (κ3) is 2.35. The molecule has 0 fully saturated rings. The molecule has 0 aliphatic rings. The quantitative estimate of drug-likeness (QED) is 0.711. The summed E-state index contributed by atoms with van der Waals surface area (Å²) in [5.41, 5.74) is 0.429. The molecule has 1 nitrogen and oxygen atoms in total. The molecule has 1 aromatic carbocycles. The summed E-state index contributed by atoms with van der Waals surface area (Å²) in [6.45, 7) is 1.73. The summed E-state index contributed by atoms with van der Waals surface area (Å²) >= 11 is 3.06. The lowest BCUT2D eigenvalue weighted by Gasteiger charge is -2.06. The molecule has 1 aromatic rings. The van der Waals surface area contributed by atoms with Gasteiger partial charge < -0.3 is 0 Å². The van der Waals surface area contributed by atoms with Crippen LogP contribution in [0.4, 0.5) is 13.2 Å². The van der Waals surface area contributed by atoms with Gasteiger partial charge in [0.15, 0.2) is 0 Å². The Hall–Kier alpha value is -0.840. The molecule has 0 saturated heterocycles. The van der Waals surface area contributed by atoms with Crippen molar-refractivity contribution < 1.29 is 18.0 Å². The molecule has 0 amide bonds. The van der Waals surface area contributed by atoms with Crippen molar-refractivity contribution in [2.45, 2.75) is 13.1 Å². The summed E-state index contributed by atoms with van der Waals surface area (Å²) in [5, 5.41) is 0. The van der Waals surface area contributed by atoms with E-state index in [0.717, 1.165) is 11.6 Å². The molecule has 5 heteroatoms. The molecule has 0 radical (unpaired) electrons. The first kappa shape index (κ1) is 11.2. The number of aryl methyl sites for hydroxylation is 1. The summed E-state index contributed by atoms with van der Waals surface area (Å²) < 4.78 is 36.5. The van der Waals surface area contributed by atoms with E-state index in [1.807, 2.05) is 0 Å². The highest BCUT2D eigenvalue weighted by atomic mass is 79.9. The predicted molar refractivity (Wildman–Crippen MR) is 49.3 cm³/mol. The molecular weight excluding hydrogens is 261 g/mol. The van der Waals surface area contributed by atoms with Crippen LogP contribution in [-0.2, 0) is 0 Å². The minimum Gasteiger partial charge on any atom is -0.284 e. The summed E-state index contributed by atoms with van der Waals surface area (Å²) in [6, 6.07) is 3.80. The van der Waals surface area contributed by atoms with Crippen LogP contribution >= 0.6 is 15.9 Å². The standard InChI is InChI=1S/C9H6BrF3O/c1-5-2-3-6(4-7(5)10)8(14)9(11,12)13/h2-4H,1H3.